The van der Waals surface area contributed by atoms with E-state index in [-0.39, 0.29) is 5.69 Å². The molecule has 0 bridgehead atoms. The predicted molar refractivity (Wildman–Crippen MR) is 85.3 cm³/mol. The van der Waals surface area contributed by atoms with Crippen molar-refractivity contribution in [1.29, 1.82) is 0 Å². The highest BCUT2D eigenvalue weighted by atomic mass is 32.2. The van der Waals surface area contributed by atoms with Gasteiger partial charge in [-0.05, 0) is 24.1 Å². The van der Waals surface area contributed by atoms with Gasteiger partial charge in [0.1, 0.15) is 11.6 Å². The molecule has 112 valence electrons. The predicted octanol–water partition coefficient (Wildman–Crippen LogP) is 1.99. The van der Waals surface area contributed by atoms with Crippen LogP contribution in [0.4, 0.5) is 0 Å². The number of aromatic nitrogens is 6. The van der Waals surface area contributed by atoms with Crippen molar-refractivity contribution in [2.24, 2.45) is 0 Å². The number of thioether (sulfide) groups is 1. The zero-order valence-corrected chi connectivity index (χ0v) is 12.6. The van der Waals surface area contributed by atoms with Crippen LogP contribution in [0.3, 0.4) is 0 Å². The molecule has 0 atom stereocenters. The van der Waals surface area contributed by atoms with Crippen LogP contribution >= 0.6 is 11.8 Å². The number of hydrogen-bond acceptors (Lipinski definition) is 5. The summed E-state index contributed by atoms with van der Waals surface area (Å²) in [7, 11) is 0. The van der Waals surface area contributed by atoms with Crippen molar-refractivity contribution in [2.75, 3.05) is 0 Å². The average molecular weight is 314 g/mol. The Labute approximate surface area is 130 Å². The first kappa shape index (κ1) is 14.3. The number of hydrogen-bond donors (Lipinski definition) is 3. The molecular formula is C14H14N6OS. The van der Waals surface area contributed by atoms with Crippen LogP contribution < -0.4 is 5.69 Å². The normalized spacial score (nSPS) is 11.3. The van der Waals surface area contributed by atoms with E-state index in [9.17, 15) is 4.79 Å². The minimum absolute atomic E-state index is 0.313. The Morgan fingerprint density at radius 2 is 2.05 bits per heavy atom. The van der Waals surface area contributed by atoms with Gasteiger partial charge in [-0.25, -0.2) is 14.9 Å². The van der Waals surface area contributed by atoms with Crippen LogP contribution in [0.5, 0.6) is 0 Å². The van der Waals surface area contributed by atoms with Crippen molar-refractivity contribution in [3.63, 3.8) is 0 Å². The van der Waals surface area contributed by atoms with Gasteiger partial charge < -0.3 is 0 Å². The summed E-state index contributed by atoms with van der Waals surface area (Å²) in [5.41, 5.74) is 2.03. The van der Waals surface area contributed by atoms with E-state index in [0.717, 1.165) is 5.56 Å². The number of nitrogens with one attached hydrogen (secondary N) is 3. The molecule has 0 radical (unpaired) electrons. The SMILES string of the molecule is Cc1ccccc1C=Cc1nc(SCc2n[nH]c(=O)[nH]2)n[nH]1. The van der Waals surface area contributed by atoms with Crippen LogP contribution in [0.15, 0.2) is 34.2 Å². The third-order valence-corrected chi connectivity index (χ3v) is 3.84. The summed E-state index contributed by atoms with van der Waals surface area (Å²) >= 11 is 1.39. The zero-order chi connectivity index (χ0) is 15.4. The van der Waals surface area contributed by atoms with Gasteiger partial charge in [-0.3, -0.25) is 10.1 Å². The Balaban J connectivity index is 1.64. The molecule has 0 spiro atoms. The van der Waals surface area contributed by atoms with Gasteiger partial charge in [-0.15, -0.1) is 5.10 Å². The fourth-order valence-corrected chi connectivity index (χ4v) is 2.52. The van der Waals surface area contributed by atoms with E-state index in [1.165, 1.54) is 17.3 Å². The van der Waals surface area contributed by atoms with E-state index in [2.05, 4.69) is 43.4 Å². The first-order valence-electron chi connectivity index (χ1n) is 6.63. The van der Waals surface area contributed by atoms with E-state index in [1.54, 1.807) is 0 Å². The van der Waals surface area contributed by atoms with Crippen LogP contribution in [0.1, 0.15) is 22.8 Å². The summed E-state index contributed by atoms with van der Waals surface area (Å²) < 4.78 is 0. The highest BCUT2D eigenvalue weighted by Gasteiger charge is 2.04. The molecule has 0 aliphatic heterocycles. The Morgan fingerprint density at radius 3 is 2.82 bits per heavy atom. The Hall–Kier alpha value is -2.61. The summed E-state index contributed by atoms with van der Waals surface area (Å²) in [6, 6.07) is 8.12. The number of nitrogens with zero attached hydrogens (tertiary/aromatic N) is 3. The molecule has 0 amide bonds. The molecule has 0 unspecified atom stereocenters. The fourth-order valence-electron chi connectivity index (χ4n) is 1.85. The second-order valence-corrected chi connectivity index (χ2v) is 5.55. The van der Waals surface area contributed by atoms with Crippen molar-refractivity contribution in [2.45, 2.75) is 17.8 Å². The first-order valence-corrected chi connectivity index (χ1v) is 7.62. The van der Waals surface area contributed by atoms with Crippen LogP contribution in [0, 0.1) is 6.92 Å². The second kappa shape index (κ2) is 6.44. The molecule has 22 heavy (non-hydrogen) atoms. The molecular weight excluding hydrogens is 300 g/mol. The minimum Gasteiger partial charge on any atom is -0.292 e. The molecule has 0 fully saturated rings. The molecule has 2 heterocycles. The Morgan fingerprint density at radius 1 is 1.18 bits per heavy atom. The van der Waals surface area contributed by atoms with Crippen LogP contribution in [-0.2, 0) is 5.75 Å². The molecule has 1 aromatic carbocycles. The molecule has 0 saturated heterocycles. The number of rotatable bonds is 5. The minimum atomic E-state index is -0.313. The van der Waals surface area contributed by atoms with Crippen molar-refractivity contribution >= 4 is 23.9 Å². The third-order valence-electron chi connectivity index (χ3n) is 2.98. The topological polar surface area (TPSA) is 103 Å². The lowest BCUT2D eigenvalue weighted by molar-refractivity contribution is 0.965. The lowest BCUT2D eigenvalue weighted by Gasteiger charge is -1.97. The highest BCUT2D eigenvalue weighted by Crippen LogP contribution is 2.17. The van der Waals surface area contributed by atoms with Crippen LogP contribution in [0.25, 0.3) is 12.2 Å². The molecule has 0 aliphatic rings. The first-order chi connectivity index (χ1) is 10.7. The van der Waals surface area contributed by atoms with Gasteiger partial charge in [0.25, 0.3) is 0 Å². The molecule has 2 aromatic heterocycles. The highest BCUT2D eigenvalue weighted by molar-refractivity contribution is 7.98. The molecule has 3 aromatic rings. The van der Waals surface area contributed by atoms with Crippen molar-refractivity contribution in [3.8, 4) is 0 Å². The molecule has 3 N–H and O–H groups in total. The van der Waals surface area contributed by atoms with E-state index in [4.69, 9.17) is 0 Å². The van der Waals surface area contributed by atoms with Crippen molar-refractivity contribution in [3.05, 3.63) is 57.5 Å². The number of benzene rings is 1. The molecule has 0 aliphatic carbocycles. The number of aromatic amines is 3. The van der Waals surface area contributed by atoms with Gasteiger partial charge in [-0.1, -0.05) is 42.1 Å². The molecule has 7 nitrogen and oxygen atoms in total. The molecule has 0 saturated carbocycles. The van der Waals surface area contributed by atoms with Gasteiger partial charge >= 0.3 is 5.69 Å². The fraction of sp³-hybridized carbons (Fsp3) is 0.143. The van der Waals surface area contributed by atoms with E-state index in [0.29, 0.717) is 22.6 Å². The summed E-state index contributed by atoms with van der Waals surface area (Å²) in [6.45, 7) is 2.06. The second-order valence-electron chi connectivity index (χ2n) is 4.61. The summed E-state index contributed by atoms with van der Waals surface area (Å²) in [5, 5.41) is 13.7. The summed E-state index contributed by atoms with van der Waals surface area (Å²) in [5.74, 6) is 1.75. The van der Waals surface area contributed by atoms with Gasteiger partial charge in [0.05, 0.1) is 5.75 Å². The van der Waals surface area contributed by atoms with Gasteiger partial charge in [0.2, 0.25) is 5.16 Å². The maximum absolute atomic E-state index is 10.9. The van der Waals surface area contributed by atoms with Gasteiger partial charge in [-0.2, -0.15) is 5.10 Å². The summed E-state index contributed by atoms with van der Waals surface area (Å²) in [6.07, 6.45) is 3.88. The third kappa shape index (κ3) is 3.53. The van der Waals surface area contributed by atoms with Crippen molar-refractivity contribution < 1.29 is 0 Å². The lowest BCUT2D eigenvalue weighted by Crippen LogP contribution is -2.00. The average Bonchev–Trinajstić information content (AvgIpc) is 3.13. The Bertz CT molecular complexity index is 847. The quantitative estimate of drug-likeness (QED) is 0.625. The molecule has 8 heteroatoms. The number of aryl methyl sites for hydroxylation is 1. The zero-order valence-electron chi connectivity index (χ0n) is 11.8. The largest absolute Gasteiger partial charge is 0.340 e. The van der Waals surface area contributed by atoms with E-state index < -0.39 is 0 Å². The summed E-state index contributed by atoms with van der Waals surface area (Å²) in [4.78, 5) is 17.9. The maximum atomic E-state index is 10.9. The number of H-pyrrole nitrogens is 3. The Kier molecular flexibility index (Phi) is 4.19. The monoisotopic (exact) mass is 314 g/mol. The van der Waals surface area contributed by atoms with Crippen LogP contribution in [0.2, 0.25) is 0 Å². The van der Waals surface area contributed by atoms with Gasteiger partial charge in [0, 0.05) is 0 Å². The standard InChI is InChI=1S/C14H14N6OS/c1-9-4-2-3-5-10(9)6-7-11-16-14(20-17-11)22-8-12-15-13(21)19-18-12/h2-7H,8H2,1H3,(H,16,17,20)(H2,15,18,19,21). The maximum Gasteiger partial charge on any atom is 0.340 e. The van der Waals surface area contributed by atoms with Gasteiger partial charge in [0.15, 0.2) is 0 Å². The van der Waals surface area contributed by atoms with Crippen LogP contribution in [-0.4, -0.2) is 30.4 Å². The lowest BCUT2D eigenvalue weighted by atomic mass is 10.1. The molecule has 3 rings (SSSR count). The van der Waals surface area contributed by atoms with Crippen molar-refractivity contribution in [1.82, 2.24) is 30.4 Å². The van der Waals surface area contributed by atoms with E-state index in [1.807, 2.05) is 30.4 Å². The van der Waals surface area contributed by atoms with E-state index >= 15 is 0 Å². The smallest absolute Gasteiger partial charge is 0.292 e.